The van der Waals surface area contributed by atoms with Gasteiger partial charge in [-0.25, -0.2) is 0 Å². The van der Waals surface area contributed by atoms with Gasteiger partial charge in [-0.2, -0.15) is 0 Å². The summed E-state index contributed by atoms with van der Waals surface area (Å²) >= 11 is 3.42. The predicted octanol–water partition coefficient (Wildman–Crippen LogP) is 5.81. The summed E-state index contributed by atoms with van der Waals surface area (Å²) in [4.78, 5) is 0. The second-order valence-corrected chi connectivity index (χ2v) is 6.25. The van der Waals surface area contributed by atoms with E-state index in [1.165, 1.54) is 5.56 Å². The molecule has 0 saturated heterocycles. The summed E-state index contributed by atoms with van der Waals surface area (Å²) in [5.74, 6) is 2.02. The third kappa shape index (κ3) is 4.08. The number of aliphatic hydroxyl groups excluding tert-OH is 1. The van der Waals surface area contributed by atoms with Crippen LogP contribution in [0.5, 0.6) is 11.5 Å². The molecule has 0 aromatic heterocycles. The highest BCUT2D eigenvalue weighted by molar-refractivity contribution is 9.10. The Labute approximate surface area is 134 Å². The summed E-state index contributed by atoms with van der Waals surface area (Å²) < 4.78 is 6.84. The number of hydrogen-bond donors (Lipinski definition) is 1. The first kappa shape index (κ1) is 16.1. The van der Waals surface area contributed by atoms with Crippen LogP contribution in [-0.2, 0) is 0 Å². The van der Waals surface area contributed by atoms with Crippen molar-refractivity contribution in [2.45, 2.75) is 39.2 Å². The SMILES string of the molecule is CCC(C)c1ccc(Oc2ccc(Br)cc2C(C)O)cc1. The van der Waals surface area contributed by atoms with Crippen LogP contribution in [0.2, 0.25) is 0 Å². The molecule has 3 heteroatoms. The molecule has 2 nitrogen and oxygen atoms in total. The molecule has 0 aliphatic rings. The first-order chi connectivity index (χ1) is 10.0. The summed E-state index contributed by atoms with van der Waals surface area (Å²) in [5.41, 5.74) is 2.09. The summed E-state index contributed by atoms with van der Waals surface area (Å²) in [5, 5.41) is 9.85. The Balaban J connectivity index is 2.22. The number of rotatable bonds is 5. The van der Waals surface area contributed by atoms with E-state index in [1.807, 2.05) is 30.3 Å². The lowest BCUT2D eigenvalue weighted by atomic mass is 9.99. The van der Waals surface area contributed by atoms with Crippen LogP contribution in [0.15, 0.2) is 46.9 Å². The van der Waals surface area contributed by atoms with Gasteiger partial charge in [-0.05, 0) is 55.2 Å². The van der Waals surface area contributed by atoms with Crippen LogP contribution >= 0.6 is 15.9 Å². The summed E-state index contributed by atoms with van der Waals surface area (Å²) in [6.45, 7) is 6.14. The van der Waals surface area contributed by atoms with Crippen molar-refractivity contribution in [2.75, 3.05) is 0 Å². The van der Waals surface area contributed by atoms with Crippen molar-refractivity contribution in [3.8, 4) is 11.5 Å². The Bertz CT molecular complexity index is 591. The van der Waals surface area contributed by atoms with E-state index in [2.05, 4.69) is 41.9 Å². The van der Waals surface area contributed by atoms with Crippen LogP contribution < -0.4 is 4.74 Å². The zero-order valence-corrected chi connectivity index (χ0v) is 14.2. The molecule has 0 aliphatic carbocycles. The zero-order valence-electron chi connectivity index (χ0n) is 12.6. The molecular weight excluding hydrogens is 328 g/mol. The van der Waals surface area contributed by atoms with Gasteiger partial charge in [0.1, 0.15) is 11.5 Å². The molecule has 0 amide bonds. The van der Waals surface area contributed by atoms with Gasteiger partial charge in [0.15, 0.2) is 0 Å². The lowest BCUT2D eigenvalue weighted by Crippen LogP contribution is -1.97. The largest absolute Gasteiger partial charge is 0.457 e. The van der Waals surface area contributed by atoms with E-state index in [1.54, 1.807) is 6.92 Å². The first-order valence-corrected chi connectivity index (χ1v) is 8.06. The van der Waals surface area contributed by atoms with E-state index in [0.717, 1.165) is 22.2 Å². The topological polar surface area (TPSA) is 29.5 Å². The Morgan fingerprint density at radius 3 is 2.33 bits per heavy atom. The Morgan fingerprint density at radius 1 is 1.10 bits per heavy atom. The van der Waals surface area contributed by atoms with Gasteiger partial charge in [-0.3, -0.25) is 0 Å². The molecule has 2 aromatic rings. The van der Waals surface area contributed by atoms with Crippen molar-refractivity contribution in [2.24, 2.45) is 0 Å². The number of hydrogen-bond acceptors (Lipinski definition) is 2. The van der Waals surface area contributed by atoms with Crippen molar-refractivity contribution >= 4 is 15.9 Å². The predicted molar refractivity (Wildman–Crippen MR) is 90.0 cm³/mol. The average Bonchev–Trinajstić information content (AvgIpc) is 2.49. The van der Waals surface area contributed by atoms with Gasteiger partial charge in [0.2, 0.25) is 0 Å². The van der Waals surface area contributed by atoms with Gasteiger partial charge in [0.25, 0.3) is 0 Å². The third-order valence-corrected chi connectivity index (χ3v) is 4.20. The van der Waals surface area contributed by atoms with Gasteiger partial charge in [-0.1, -0.05) is 41.9 Å². The molecule has 0 bridgehead atoms. The molecule has 21 heavy (non-hydrogen) atoms. The Hall–Kier alpha value is -1.32. The first-order valence-electron chi connectivity index (χ1n) is 7.26. The minimum Gasteiger partial charge on any atom is -0.457 e. The van der Waals surface area contributed by atoms with Crippen LogP contribution in [0.1, 0.15) is 50.3 Å². The maximum absolute atomic E-state index is 9.85. The van der Waals surface area contributed by atoms with Crippen LogP contribution in [0.3, 0.4) is 0 Å². The molecule has 0 fully saturated rings. The highest BCUT2D eigenvalue weighted by Crippen LogP contribution is 2.32. The lowest BCUT2D eigenvalue weighted by molar-refractivity contribution is 0.195. The molecule has 112 valence electrons. The normalized spacial score (nSPS) is 13.8. The smallest absolute Gasteiger partial charge is 0.133 e. The van der Waals surface area contributed by atoms with Gasteiger partial charge in [0.05, 0.1) is 6.10 Å². The van der Waals surface area contributed by atoms with Gasteiger partial charge in [-0.15, -0.1) is 0 Å². The summed E-state index contributed by atoms with van der Waals surface area (Å²) in [6.07, 6.45) is 0.552. The van der Waals surface area contributed by atoms with E-state index >= 15 is 0 Å². The summed E-state index contributed by atoms with van der Waals surface area (Å²) in [6, 6.07) is 13.8. The summed E-state index contributed by atoms with van der Waals surface area (Å²) in [7, 11) is 0. The molecule has 1 N–H and O–H groups in total. The fraction of sp³-hybridized carbons (Fsp3) is 0.333. The maximum atomic E-state index is 9.85. The Kier molecular flexibility index (Phi) is 5.43. The van der Waals surface area contributed by atoms with Crippen LogP contribution in [0.4, 0.5) is 0 Å². The van der Waals surface area contributed by atoms with Crippen LogP contribution in [0, 0.1) is 0 Å². The van der Waals surface area contributed by atoms with Gasteiger partial charge >= 0.3 is 0 Å². The fourth-order valence-electron chi connectivity index (χ4n) is 2.17. The zero-order chi connectivity index (χ0) is 15.4. The third-order valence-electron chi connectivity index (χ3n) is 3.71. The van der Waals surface area contributed by atoms with Crippen molar-refractivity contribution in [1.82, 2.24) is 0 Å². The highest BCUT2D eigenvalue weighted by Gasteiger charge is 2.11. The maximum Gasteiger partial charge on any atom is 0.133 e. The lowest BCUT2D eigenvalue weighted by Gasteiger charge is -2.15. The van der Waals surface area contributed by atoms with Crippen molar-refractivity contribution < 1.29 is 9.84 Å². The van der Waals surface area contributed by atoms with Crippen LogP contribution in [-0.4, -0.2) is 5.11 Å². The molecule has 0 aliphatic heterocycles. The minimum absolute atomic E-state index is 0.555. The molecule has 2 rings (SSSR count). The molecule has 0 heterocycles. The van der Waals surface area contributed by atoms with E-state index in [0.29, 0.717) is 11.7 Å². The molecule has 2 atom stereocenters. The molecule has 0 radical (unpaired) electrons. The molecular formula is C18H21BrO2. The fourth-order valence-corrected chi connectivity index (χ4v) is 2.54. The molecule has 2 unspecified atom stereocenters. The Morgan fingerprint density at radius 2 is 1.76 bits per heavy atom. The van der Waals surface area contributed by atoms with Crippen molar-refractivity contribution in [1.29, 1.82) is 0 Å². The molecule has 2 aromatic carbocycles. The second-order valence-electron chi connectivity index (χ2n) is 5.34. The number of aliphatic hydroxyl groups is 1. The minimum atomic E-state index is -0.572. The van der Waals surface area contributed by atoms with Gasteiger partial charge < -0.3 is 9.84 Å². The van der Waals surface area contributed by atoms with Crippen molar-refractivity contribution in [3.05, 3.63) is 58.1 Å². The van der Waals surface area contributed by atoms with Gasteiger partial charge in [0, 0.05) is 10.0 Å². The number of benzene rings is 2. The number of ether oxygens (including phenoxy) is 1. The highest BCUT2D eigenvalue weighted by atomic mass is 79.9. The van der Waals surface area contributed by atoms with Crippen molar-refractivity contribution in [3.63, 3.8) is 0 Å². The standard InChI is InChI=1S/C18H21BrO2/c1-4-12(2)14-5-8-16(9-6-14)21-18-10-7-15(19)11-17(18)13(3)20/h5-13,20H,4H2,1-3H3. The average molecular weight is 349 g/mol. The monoisotopic (exact) mass is 348 g/mol. The van der Waals surface area contributed by atoms with E-state index < -0.39 is 6.10 Å². The molecule has 0 saturated carbocycles. The number of halogens is 1. The van der Waals surface area contributed by atoms with E-state index in [4.69, 9.17) is 4.74 Å². The quantitative estimate of drug-likeness (QED) is 0.738. The molecule has 0 spiro atoms. The second kappa shape index (κ2) is 7.10. The van der Waals surface area contributed by atoms with Crippen LogP contribution in [0.25, 0.3) is 0 Å². The van der Waals surface area contributed by atoms with E-state index in [9.17, 15) is 5.11 Å². The van der Waals surface area contributed by atoms with E-state index in [-0.39, 0.29) is 0 Å².